The van der Waals surface area contributed by atoms with Gasteiger partial charge in [0.25, 0.3) is 0 Å². The smallest absolute Gasteiger partial charge is 0.303 e. The van der Waals surface area contributed by atoms with Crippen LogP contribution < -0.4 is 4.74 Å². The largest absolute Gasteiger partial charge is 0.507 e. The van der Waals surface area contributed by atoms with Crippen molar-refractivity contribution in [2.24, 2.45) is 0 Å². The van der Waals surface area contributed by atoms with Crippen molar-refractivity contribution in [1.82, 2.24) is 0 Å². The average Bonchev–Trinajstić information content (AvgIpc) is 2.74. The van der Waals surface area contributed by atoms with Gasteiger partial charge < -0.3 is 33.5 Å². The van der Waals surface area contributed by atoms with Crippen LogP contribution in [0.4, 0.5) is 0 Å². The van der Waals surface area contributed by atoms with Crippen LogP contribution >= 0.6 is 0 Å². The molecular weight excluding hydrogens is 492 g/mol. The van der Waals surface area contributed by atoms with Crippen LogP contribution in [-0.4, -0.2) is 72.1 Å². The first kappa shape index (κ1) is 29.6. The molecule has 1 aromatic rings. The summed E-state index contributed by atoms with van der Waals surface area (Å²) in [6.07, 6.45) is -7.04. The van der Waals surface area contributed by atoms with E-state index < -0.39 is 67.0 Å². The molecule has 12 heteroatoms. The summed E-state index contributed by atoms with van der Waals surface area (Å²) in [5, 5.41) is 10.5. The second kappa shape index (κ2) is 12.5. The summed E-state index contributed by atoms with van der Waals surface area (Å²) in [6, 6.07) is 2.96. The highest BCUT2D eigenvalue weighted by Crippen LogP contribution is 2.37. The Labute approximate surface area is 214 Å². The third kappa shape index (κ3) is 7.91. The molecule has 0 bridgehead atoms. The van der Waals surface area contributed by atoms with Crippen molar-refractivity contribution in [1.29, 1.82) is 0 Å². The fourth-order valence-electron chi connectivity index (χ4n) is 3.81. The predicted molar refractivity (Wildman–Crippen MR) is 125 cm³/mol. The number of ether oxygens (including phenoxy) is 6. The monoisotopic (exact) mass is 524 g/mol. The number of Topliss-reactive ketones (excluding diaryl/α,β-unsaturated/α-hetero) is 1. The normalized spacial score (nSPS) is 23.1. The van der Waals surface area contributed by atoms with Gasteiger partial charge in [0.1, 0.15) is 29.8 Å². The molecule has 0 radical (unpaired) electrons. The molecule has 0 spiro atoms. The number of benzene rings is 1. The number of hydrogen-bond acceptors (Lipinski definition) is 12. The average molecular weight is 525 g/mol. The Hall–Kier alpha value is -3.67. The molecule has 1 aliphatic heterocycles. The van der Waals surface area contributed by atoms with E-state index in [1.807, 2.05) is 13.8 Å². The lowest BCUT2D eigenvalue weighted by molar-refractivity contribution is -0.288. The minimum atomic E-state index is -1.54. The summed E-state index contributed by atoms with van der Waals surface area (Å²) in [5.41, 5.74) is 0.473. The molecule has 1 saturated heterocycles. The number of phenolic OH excluding ortho intramolecular Hbond substituents is 1. The fourth-order valence-corrected chi connectivity index (χ4v) is 3.81. The summed E-state index contributed by atoms with van der Waals surface area (Å²) in [7, 11) is 0. The van der Waals surface area contributed by atoms with Crippen molar-refractivity contribution in [3.8, 4) is 11.5 Å². The van der Waals surface area contributed by atoms with Gasteiger partial charge in [-0.25, -0.2) is 0 Å². The number of esters is 4. The quantitative estimate of drug-likeness (QED) is 0.285. The van der Waals surface area contributed by atoms with Crippen molar-refractivity contribution in [2.45, 2.75) is 85.1 Å². The minimum absolute atomic E-state index is 0.0651. The van der Waals surface area contributed by atoms with Gasteiger partial charge >= 0.3 is 23.9 Å². The van der Waals surface area contributed by atoms with Gasteiger partial charge in [-0.1, -0.05) is 13.8 Å². The Balaban J connectivity index is 2.64. The zero-order valence-electron chi connectivity index (χ0n) is 21.8. The van der Waals surface area contributed by atoms with E-state index in [2.05, 4.69) is 0 Å². The van der Waals surface area contributed by atoms with E-state index in [1.54, 1.807) is 0 Å². The third-order valence-electron chi connectivity index (χ3n) is 5.31. The van der Waals surface area contributed by atoms with Gasteiger partial charge in [-0.3, -0.25) is 24.0 Å². The van der Waals surface area contributed by atoms with Crippen molar-refractivity contribution in [2.75, 3.05) is 6.61 Å². The SMILES string of the molecule is CC(=O)OC[C@H]1O[C@@H](Oc2cc(C(C)C)cc(O)c2C(C)=O)[C@H](OC(C)=O)[C@@H](OC(C)=O)[C@@H]1OC(C)=O. The van der Waals surface area contributed by atoms with E-state index in [1.165, 1.54) is 19.1 Å². The Kier molecular flexibility index (Phi) is 10.0. The van der Waals surface area contributed by atoms with Gasteiger partial charge in [0.05, 0.1) is 0 Å². The summed E-state index contributed by atoms with van der Waals surface area (Å²) < 4.78 is 33.0. The summed E-state index contributed by atoms with van der Waals surface area (Å²) in [5.74, 6) is -4.04. The molecule has 0 aliphatic carbocycles. The number of aromatic hydroxyl groups is 1. The molecule has 2 rings (SSSR count). The molecule has 12 nitrogen and oxygen atoms in total. The molecular formula is C25H32O12. The van der Waals surface area contributed by atoms with E-state index >= 15 is 0 Å². The maximum atomic E-state index is 12.3. The Morgan fingerprint density at radius 2 is 1.38 bits per heavy atom. The Morgan fingerprint density at radius 1 is 0.838 bits per heavy atom. The first-order valence-electron chi connectivity index (χ1n) is 11.6. The molecule has 1 fully saturated rings. The van der Waals surface area contributed by atoms with Crippen LogP contribution in [0.15, 0.2) is 12.1 Å². The molecule has 1 heterocycles. The molecule has 1 N–H and O–H groups in total. The molecule has 1 aliphatic rings. The number of carbonyl (C=O) groups is 5. The number of rotatable bonds is 9. The van der Waals surface area contributed by atoms with E-state index in [0.717, 1.165) is 27.7 Å². The lowest BCUT2D eigenvalue weighted by atomic mass is 9.97. The number of hydrogen-bond donors (Lipinski definition) is 1. The summed E-state index contributed by atoms with van der Waals surface area (Å²) in [6.45, 7) is 8.97. The molecule has 0 aromatic heterocycles. The molecule has 0 saturated carbocycles. The summed E-state index contributed by atoms with van der Waals surface area (Å²) >= 11 is 0. The van der Waals surface area contributed by atoms with E-state index in [4.69, 9.17) is 28.4 Å². The van der Waals surface area contributed by atoms with Gasteiger partial charge in [-0.15, -0.1) is 0 Å². The second-order valence-corrected chi connectivity index (χ2v) is 8.81. The molecule has 0 amide bonds. The standard InChI is InChI=1S/C25H32O12/c1-11(2)17-8-18(31)21(12(3)26)19(9-17)36-25-24(35-16(7)30)23(34-15(6)29)22(33-14(5)28)20(37-25)10-32-13(4)27/h8-9,11,20,22-25,31H,10H2,1-7H3/t20-,22-,23+,24-,25-/m1/s1. The molecule has 5 atom stereocenters. The fraction of sp³-hybridized carbons (Fsp3) is 0.560. The molecule has 0 unspecified atom stereocenters. The first-order chi connectivity index (χ1) is 17.2. The van der Waals surface area contributed by atoms with Crippen molar-refractivity contribution in [3.05, 3.63) is 23.3 Å². The topological polar surface area (TPSA) is 161 Å². The lowest BCUT2D eigenvalue weighted by Crippen LogP contribution is -2.63. The van der Waals surface area contributed by atoms with Crippen LogP contribution in [0.3, 0.4) is 0 Å². The van der Waals surface area contributed by atoms with Crippen molar-refractivity contribution >= 4 is 29.7 Å². The van der Waals surface area contributed by atoms with Gasteiger partial charge in [-0.2, -0.15) is 0 Å². The van der Waals surface area contributed by atoms with E-state index in [0.29, 0.717) is 5.56 Å². The molecule has 37 heavy (non-hydrogen) atoms. The number of ketones is 1. The van der Waals surface area contributed by atoms with Crippen LogP contribution in [0.2, 0.25) is 0 Å². The summed E-state index contributed by atoms with van der Waals surface area (Å²) in [4.78, 5) is 59.6. The van der Waals surface area contributed by atoms with Crippen LogP contribution in [0.5, 0.6) is 11.5 Å². The highest BCUT2D eigenvalue weighted by atomic mass is 16.7. The zero-order chi connectivity index (χ0) is 28.0. The zero-order valence-corrected chi connectivity index (χ0v) is 21.8. The highest BCUT2D eigenvalue weighted by molar-refractivity contribution is 5.99. The van der Waals surface area contributed by atoms with Crippen molar-refractivity contribution in [3.63, 3.8) is 0 Å². The van der Waals surface area contributed by atoms with Crippen LogP contribution in [0.25, 0.3) is 0 Å². The molecule has 1 aromatic carbocycles. The third-order valence-corrected chi connectivity index (χ3v) is 5.31. The lowest BCUT2D eigenvalue weighted by Gasteiger charge is -2.44. The Bertz CT molecular complexity index is 1050. The highest BCUT2D eigenvalue weighted by Gasteiger charge is 2.53. The first-order valence-corrected chi connectivity index (χ1v) is 11.6. The van der Waals surface area contributed by atoms with E-state index in [9.17, 15) is 29.1 Å². The van der Waals surface area contributed by atoms with Gasteiger partial charge in [0, 0.05) is 27.7 Å². The van der Waals surface area contributed by atoms with Gasteiger partial charge in [0.15, 0.2) is 18.0 Å². The minimum Gasteiger partial charge on any atom is -0.507 e. The number of carbonyl (C=O) groups excluding carboxylic acids is 5. The van der Waals surface area contributed by atoms with E-state index in [-0.39, 0.29) is 23.0 Å². The van der Waals surface area contributed by atoms with Crippen molar-refractivity contribution < 1.29 is 57.5 Å². The second-order valence-electron chi connectivity index (χ2n) is 8.81. The maximum absolute atomic E-state index is 12.3. The maximum Gasteiger partial charge on any atom is 0.303 e. The predicted octanol–water partition coefficient (Wildman–Crippen LogP) is 2.18. The molecule has 204 valence electrons. The van der Waals surface area contributed by atoms with Gasteiger partial charge in [-0.05, 0) is 30.5 Å². The Morgan fingerprint density at radius 3 is 1.86 bits per heavy atom. The van der Waals surface area contributed by atoms with Gasteiger partial charge in [0.2, 0.25) is 12.4 Å². The number of phenols is 1. The van der Waals surface area contributed by atoms with Crippen LogP contribution in [-0.2, 0) is 42.9 Å². The van der Waals surface area contributed by atoms with Crippen LogP contribution in [0, 0.1) is 0 Å². The van der Waals surface area contributed by atoms with Crippen LogP contribution in [0.1, 0.15) is 70.3 Å².